The van der Waals surface area contributed by atoms with Crippen LogP contribution < -0.4 is 11.1 Å². The van der Waals surface area contributed by atoms with E-state index in [1.165, 1.54) is 18.5 Å². The Morgan fingerprint density at radius 2 is 2.06 bits per heavy atom. The standard InChI is InChI=1S/C23H23FN6O2/c1-12-10-30(3)29-21(12)13(2)28-22-17-6-16(14-4-5-15(11-31)26-8-14)19(24)7-20(17)27-9-18(22)23(25)32/h4-10,13,31H,11H2,1-3H3,(H2,25,32)(H,27,28). The van der Waals surface area contributed by atoms with E-state index >= 15 is 0 Å². The predicted octanol–water partition coefficient (Wildman–Crippen LogP) is 3.24. The van der Waals surface area contributed by atoms with Gasteiger partial charge in [-0.2, -0.15) is 5.10 Å². The molecule has 0 radical (unpaired) electrons. The molecule has 0 aliphatic rings. The van der Waals surface area contributed by atoms with Crippen molar-refractivity contribution in [2.75, 3.05) is 5.32 Å². The van der Waals surface area contributed by atoms with Crippen molar-refractivity contribution >= 4 is 22.5 Å². The Balaban J connectivity index is 1.87. The van der Waals surface area contributed by atoms with Gasteiger partial charge in [0.15, 0.2) is 0 Å². The highest BCUT2D eigenvalue weighted by Gasteiger charge is 2.20. The molecule has 8 nitrogen and oxygen atoms in total. The van der Waals surface area contributed by atoms with Gasteiger partial charge in [0.2, 0.25) is 0 Å². The van der Waals surface area contributed by atoms with E-state index in [1.807, 2.05) is 27.1 Å². The monoisotopic (exact) mass is 434 g/mol. The largest absolute Gasteiger partial charge is 0.390 e. The first kappa shape index (κ1) is 21.4. The predicted molar refractivity (Wildman–Crippen MR) is 119 cm³/mol. The third-order valence-corrected chi connectivity index (χ3v) is 5.34. The van der Waals surface area contributed by atoms with Gasteiger partial charge in [0.25, 0.3) is 5.91 Å². The van der Waals surface area contributed by atoms with Crippen LogP contribution in [0.1, 0.15) is 40.3 Å². The Morgan fingerprint density at radius 3 is 2.66 bits per heavy atom. The van der Waals surface area contributed by atoms with E-state index in [0.29, 0.717) is 33.4 Å². The third-order valence-electron chi connectivity index (χ3n) is 5.34. The number of fused-ring (bicyclic) bond motifs is 1. The fourth-order valence-corrected chi connectivity index (χ4v) is 3.79. The van der Waals surface area contributed by atoms with Crippen LogP contribution in [-0.2, 0) is 13.7 Å². The fourth-order valence-electron chi connectivity index (χ4n) is 3.79. The summed E-state index contributed by atoms with van der Waals surface area (Å²) in [4.78, 5) is 20.5. The number of hydrogen-bond acceptors (Lipinski definition) is 6. The molecule has 4 rings (SSSR count). The molecule has 3 heterocycles. The summed E-state index contributed by atoms with van der Waals surface area (Å²) < 4.78 is 16.6. The van der Waals surface area contributed by atoms with Crippen LogP contribution in [0.2, 0.25) is 0 Å². The van der Waals surface area contributed by atoms with Crippen molar-refractivity contribution < 1.29 is 14.3 Å². The molecule has 0 saturated carbocycles. The topological polar surface area (TPSA) is 119 Å². The van der Waals surface area contributed by atoms with E-state index < -0.39 is 11.7 Å². The number of amides is 1. The van der Waals surface area contributed by atoms with E-state index in [0.717, 1.165) is 11.3 Å². The maximum atomic E-state index is 14.9. The average Bonchev–Trinajstić information content (AvgIpc) is 3.11. The molecule has 4 aromatic rings. The summed E-state index contributed by atoms with van der Waals surface area (Å²) in [6.45, 7) is 3.68. The number of benzene rings is 1. The lowest BCUT2D eigenvalue weighted by Gasteiger charge is -2.19. The molecule has 0 fully saturated rings. The lowest BCUT2D eigenvalue weighted by molar-refractivity contribution is 0.100. The van der Waals surface area contributed by atoms with Crippen LogP contribution in [-0.4, -0.2) is 30.8 Å². The summed E-state index contributed by atoms with van der Waals surface area (Å²) in [6, 6.07) is 6.00. The van der Waals surface area contributed by atoms with Gasteiger partial charge in [-0.1, -0.05) is 6.07 Å². The molecule has 0 aliphatic heterocycles. The summed E-state index contributed by atoms with van der Waals surface area (Å²) in [7, 11) is 1.84. The maximum Gasteiger partial charge on any atom is 0.252 e. The first-order valence-corrected chi connectivity index (χ1v) is 10.0. The summed E-state index contributed by atoms with van der Waals surface area (Å²) in [5.41, 5.74) is 9.78. The van der Waals surface area contributed by atoms with Crippen molar-refractivity contribution in [2.24, 2.45) is 12.8 Å². The zero-order valence-corrected chi connectivity index (χ0v) is 17.9. The van der Waals surface area contributed by atoms with E-state index in [1.54, 1.807) is 22.9 Å². The minimum Gasteiger partial charge on any atom is -0.390 e. The Morgan fingerprint density at radius 1 is 1.28 bits per heavy atom. The highest BCUT2D eigenvalue weighted by molar-refractivity contribution is 6.07. The van der Waals surface area contributed by atoms with Gasteiger partial charge in [-0.15, -0.1) is 0 Å². The highest BCUT2D eigenvalue weighted by atomic mass is 19.1. The molecule has 0 aliphatic carbocycles. The molecule has 1 aromatic carbocycles. The molecule has 1 amide bonds. The molecular formula is C23H23FN6O2. The quantitative estimate of drug-likeness (QED) is 0.429. The van der Waals surface area contributed by atoms with Gasteiger partial charge >= 0.3 is 0 Å². The van der Waals surface area contributed by atoms with Gasteiger partial charge in [0.1, 0.15) is 5.82 Å². The maximum absolute atomic E-state index is 14.9. The van der Waals surface area contributed by atoms with Crippen LogP contribution in [0.4, 0.5) is 10.1 Å². The number of nitrogens with two attached hydrogens (primary N) is 1. The van der Waals surface area contributed by atoms with E-state index in [9.17, 15) is 14.3 Å². The number of pyridine rings is 2. The number of carbonyl (C=O) groups excluding carboxylic acids is 1. The van der Waals surface area contributed by atoms with Crippen LogP contribution in [0.5, 0.6) is 0 Å². The van der Waals surface area contributed by atoms with Gasteiger partial charge in [0, 0.05) is 48.2 Å². The molecule has 32 heavy (non-hydrogen) atoms. The van der Waals surface area contributed by atoms with Crippen molar-refractivity contribution in [1.29, 1.82) is 0 Å². The van der Waals surface area contributed by atoms with Gasteiger partial charge in [-0.05, 0) is 31.5 Å². The lowest BCUT2D eigenvalue weighted by atomic mass is 10.0. The fraction of sp³-hybridized carbons (Fsp3) is 0.217. The van der Waals surface area contributed by atoms with Crippen LogP contribution >= 0.6 is 0 Å². The molecule has 0 bridgehead atoms. The number of aromatic nitrogens is 4. The number of aliphatic hydroxyl groups excluding tert-OH is 1. The lowest BCUT2D eigenvalue weighted by Crippen LogP contribution is -2.17. The first-order valence-electron chi connectivity index (χ1n) is 10.0. The van der Waals surface area contributed by atoms with Gasteiger partial charge < -0.3 is 16.2 Å². The summed E-state index contributed by atoms with van der Waals surface area (Å²) in [6.07, 6.45) is 4.75. The Bertz CT molecular complexity index is 1320. The molecule has 1 unspecified atom stereocenters. The van der Waals surface area contributed by atoms with Gasteiger partial charge in [-0.25, -0.2) is 4.39 Å². The van der Waals surface area contributed by atoms with E-state index in [2.05, 4.69) is 20.4 Å². The number of aliphatic hydroxyl groups is 1. The minimum absolute atomic E-state index is 0.198. The normalized spacial score (nSPS) is 12.2. The van der Waals surface area contributed by atoms with Gasteiger partial charge in [0.05, 0.1) is 40.8 Å². The van der Waals surface area contributed by atoms with Crippen LogP contribution in [0.15, 0.2) is 42.9 Å². The smallest absolute Gasteiger partial charge is 0.252 e. The molecule has 0 spiro atoms. The number of nitrogens with one attached hydrogen (secondary N) is 1. The number of hydrogen-bond donors (Lipinski definition) is 3. The average molecular weight is 434 g/mol. The number of carbonyl (C=O) groups is 1. The van der Waals surface area contributed by atoms with Crippen molar-refractivity contribution in [3.63, 3.8) is 0 Å². The zero-order valence-electron chi connectivity index (χ0n) is 17.9. The number of rotatable bonds is 6. The molecule has 4 N–H and O–H groups in total. The number of primary amides is 1. The first-order chi connectivity index (χ1) is 15.3. The number of anilines is 1. The zero-order chi connectivity index (χ0) is 23.0. The van der Waals surface area contributed by atoms with E-state index in [4.69, 9.17) is 5.73 Å². The molecule has 164 valence electrons. The molecule has 9 heteroatoms. The Hall–Kier alpha value is -3.85. The van der Waals surface area contributed by atoms with Crippen LogP contribution in [0.3, 0.4) is 0 Å². The van der Waals surface area contributed by atoms with Crippen molar-refractivity contribution in [2.45, 2.75) is 26.5 Å². The van der Waals surface area contributed by atoms with E-state index in [-0.39, 0.29) is 18.2 Å². The SMILES string of the molecule is Cc1cn(C)nc1C(C)Nc1c(C(N)=O)cnc2cc(F)c(-c3ccc(CO)nc3)cc12. The van der Waals surface area contributed by atoms with Crippen LogP contribution in [0.25, 0.3) is 22.0 Å². The van der Waals surface area contributed by atoms with Crippen LogP contribution in [0, 0.1) is 12.7 Å². The summed E-state index contributed by atoms with van der Waals surface area (Å²) in [5.74, 6) is -1.12. The summed E-state index contributed by atoms with van der Waals surface area (Å²) in [5, 5.41) is 17.6. The Kier molecular flexibility index (Phi) is 5.58. The van der Waals surface area contributed by atoms with Crippen molar-refractivity contribution in [1.82, 2.24) is 19.7 Å². The molecule has 3 aromatic heterocycles. The summed E-state index contributed by atoms with van der Waals surface area (Å²) >= 11 is 0. The minimum atomic E-state index is -0.647. The molecular weight excluding hydrogens is 411 g/mol. The van der Waals surface area contributed by atoms with Crippen molar-refractivity contribution in [3.8, 4) is 11.1 Å². The molecule has 1 atom stereocenters. The second-order valence-electron chi connectivity index (χ2n) is 7.69. The highest BCUT2D eigenvalue weighted by Crippen LogP contribution is 2.34. The number of nitrogens with zero attached hydrogens (tertiary/aromatic N) is 4. The van der Waals surface area contributed by atoms with Crippen molar-refractivity contribution in [3.05, 3.63) is 71.2 Å². The number of aryl methyl sites for hydroxylation is 2. The van der Waals surface area contributed by atoms with Gasteiger partial charge in [-0.3, -0.25) is 19.4 Å². The second kappa shape index (κ2) is 8.35. The third kappa shape index (κ3) is 3.90. The second-order valence-corrected chi connectivity index (χ2v) is 7.69. The Labute approximate surface area is 183 Å². The molecule has 0 saturated heterocycles. The number of halogens is 1.